The Morgan fingerprint density at radius 1 is 1.22 bits per heavy atom. The molecule has 0 amide bonds. The SMILES string of the molecule is CBOBOBC(C)C. The average Bonchev–Trinajstić information content (AvgIpc) is 1.80. The summed E-state index contributed by atoms with van der Waals surface area (Å²) in [5.41, 5.74) is 0. The molecule has 0 aliphatic rings. The first-order valence-corrected chi connectivity index (χ1v) is 3.42. The molecule has 0 saturated carbocycles. The number of rotatable bonds is 5. The van der Waals surface area contributed by atoms with Crippen LogP contribution in [0, 0.1) is 0 Å². The van der Waals surface area contributed by atoms with Gasteiger partial charge in [-0.05, 0) is 5.82 Å². The number of hydrogen-bond donors (Lipinski definition) is 0. The normalized spacial score (nSPS) is 9.33. The van der Waals surface area contributed by atoms with Crippen molar-refractivity contribution in [3.8, 4) is 0 Å². The fraction of sp³-hybridized carbons (Fsp3) is 1.00. The highest BCUT2D eigenvalue weighted by Crippen LogP contribution is 1.95. The van der Waals surface area contributed by atoms with E-state index in [1.807, 2.05) is 6.82 Å². The van der Waals surface area contributed by atoms with Crippen LogP contribution in [0.4, 0.5) is 0 Å². The van der Waals surface area contributed by atoms with E-state index in [0.717, 1.165) is 15.0 Å². The molecule has 5 heteroatoms. The van der Waals surface area contributed by atoms with Gasteiger partial charge in [-0.15, -0.1) is 0 Å². The van der Waals surface area contributed by atoms with Crippen LogP contribution in [0.2, 0.25) is 12.6 Å². The van der Waals surface area contributed by atoms with Gasteiger partial charge in [0, 0.05) is 0 Å². The van der Waals surface area contributed by atoms with Gasteiger partial charge in [0.15, 0.2) is 0 Å². The molecule has 0 radical (unpaired) electrons. The van der Waals surface area contributed by atoms with E-state index in [2.05, 4.69) is 13.8 Å². The van der Waals surface area contributed by atoms with Crippen LogP contribution in [0.15, 0.2) is 0 Å². The highest BCUT2D eigenvalue weighted by atomic mass is 16.5. The molecule has 0 aliphatic carbocycles. The third-order valence-electron chi connectivity index (χ3n) is 0.822. The molecule has 0 bridgehead atoms. The minimum atomic E-state index is 0.439. The van der Waals surface area contributed by atoms with Crippen molar-refractivity contribution in [2.75, 3.05) is 0 Å². The zero-order chi connectivity index (χ0) is 7.11. The highest BCUT2D eigenvalue weighted by Gasteiger charge is 1.97. The summed E-state index contributed by atoms with van der Waals surface area (Å²) in [6, 6.07) is 0. The number of hydrogen-bond acceptors (Lipinski definition) is 2. The second kappa shape index (κ2) is 6.24. The Kier molecular flexibility index (Phi) is 6.32. The summed E-state index contributed by atoms with van der Waals surface area (Å²) in [5, 5.41) is 0. The zero-order valence-corrected chi connectivity index (χ0v) is 6.52. The zero-order valence-electron chi connectivity index (χ0n) is 6.52. The van der Waals surface area contributed by atoms with E-state index in [0.29, 0.717) is 13.5 Å². The molecule has 0 saturated heterocycles. The summed E-state index contributed by atoms with van der Waals surface area (Å²) < 4.78 is 10.1. The summed E-state index contributed by atoms with van der Waals surface area (Å²) >= 11 is 0. The lowest BCUT2D eigenvalue weighted by Crippen LogP contribution is -2.11. The van der Waals surface area contributed by atoms with E-state index in [9.17, 15) is 0 Å². The Morgan fingerprint density at radius 3 is 2.33 bits per heavy atom. The molecule has 0 aliphatic heterocycles. The van der Waals surface area contributed by atoms with E-state index < -0.39 is 0 Å². The van der Waals surface area contributed by atoms with E-state index in [1.54, 1.807) is 0 Å². The van der Waals surface area contributed by atoms with Crippen molar-refractivity contribution < 1.29 is 9.14 Å². The van der Waals surface area contributed by atoms with Gasteiger partial charge in [-0.25, -0.2) is 0 Å². The van der Waals surface area contributed by atoms with Crippen LogP contribution in [-0.2, 0) is 9.14 Å². The Balaban J connectivity index is 2.75. The van der Waals surface area contributed by atoms with Crippen molar-refractivity contribution in [1.82, 2.24) is 0 Å². The minimum Gasteiger partial charge on any atom is -0.481 e. The molecule has 0 fully saturated rings. The maximum Gasteiger partial charge on any atom is 0.406 e. The van der Waals surface area contributed by atoms with Crippen LogP contribution in [0.25, 0.3) is 0 Å². The van der Waals surface area contributed by atoms with Gasteiger partial charge in [-0.1, -0.05) is 20.7 Å². The molecule has 0 rings (SSSR count). The molecule has 0 heterocycles. The molecule has 0 aromatic carbocycles. The Hall–Kier alpha value is 0.115. The molecular formula is C4H13B3O2. The van der Waals surface area contributed by atoms with Gasteiger partial charge in [-0.3, -0.25) is 0 Å². The summed E-state index contributed by atoms with van der Waals surface area (Å²) in [6.07, 6.45) is 0. The highest BCUT2D eigenvalue weighted by molar-refractivity contribution is 6.45. The standard InChI is InChI=1S/C4H13B3O2/c1-4(2)6-9-7-8-5-3/h4-7H,1-3H3. The summed E-state index contributed by atoms with van der Waals surface area (Å²) in [4.78, 5) is 0. The van der Waals surface area contributed by atoms with Crippen LogP contribution < -0.4 is 0 Å². The van der Waals surface area contributed by atoms with E-state index in [4.69, 9.17) is 9.14 Å². The lowest BCUT2D eigenvalue weighted by molar-refractivity contribution is 0.489. The Morgan fingerprint density at radius 2 is 1.89 bits per heavy atom. The molecule has 2 nitrogen and oxygen atoms in total. The molecule has 0 atom stereocenters. The van der Waals surface area contributed by atoms with E-state index >= 15 is 0 Å². The van der Waals surface area contributed by atoms with Crippen molar-refractivity contribution >= 4 is 22.6 Å². The minimum absolute atomic E-state index is 0.439. The second-order valence-corrected chi connectivity index (χ2v) is 2.38. The molecule has 0 spiro atoms. The molecule has 9 heavy (non-hydrogen) atoms. The van der Waals surface area contributed by atoms with Gasteiger partial charge >= 0.3 is 7.69 Å². The van der Waals surface area contributed by atoms with Crippen LogP contribution in [-0.4, -0.2) is 22.6 Å². The van der Waals surface area contributed by atoms with Gasteiger partial charge in [0.05, 0.1) is 0 Å². The van der Waals surface area contributed by atoms with Gasteiger partial charge in [0.2, 0.25) is 0 Å². The Bertz CT molecular complexity index is 59.8. The van der Waals surface area contributed by atoms with Crippen LogP contribution in [0.1, 0.15) is 13.8 Å². The van der Waals surface area contributed by atoms with Gasteiger partial charge in [-0.2, -0.15) is 0 Å². The smallest absolute Gasteiger partial charge is 0.406 e. The maximum absolute atomic E-state index is 5.11. The van der Waals surface area contributed by atoms with Crippen molar-refractivity contribution in [2.24, 2.45) is 0 Å². The first-order chi connectivity index (χ1) is 4.27. The maximum atomic E-state index is 5.11. The molecule has 50 valence electrons. The van der Waals surface area contributed by atoms with Crippen LogP contribution in [0.3, 0.4) is 0 Å². The third-order valence-corrected chi connectivity index (χ3v) is 0.822. The third kappa shape index (κ3) is 8.11. The molecular weight excluding hydrogens is 112 g/mol. The van der Waals surface area contributed by atoms with Crippen molar-refractivity contribution in [3.63, 3.8) is 0 Å². The van der Waals surface area contributed by atoms with Crippen molar-refractivity contribution in [1.29, 1.82) is 0 Å². The molecule has 0 aromatic rings. The summed E-state index contributed by atoms with van der Waals surface area (Å²) in [6.45, 7) is 6.19. The Labute approximate surface area is 59.2 Å². The van der Waals surface area contributed by atoms with Gasteiger partial charge in [0.1, 0.15) is 0 Å². The first kappa shape index (κ1) is 9.11. The van der Waals surface area contributed by atoms with Crippen molar-refractivity contribution in [2.45, 2.75) is 26.5 Å². The van der Waals surface area contributed by atoms with E-state index in [-0.39, 0.29) is 0 Å². The average molecular weight is 126 g/mol. The first-order valence-electron chi connectivity index (χ1n) is 3.42. The lowest BCUT2D eigenvalue weighted by Gasteiger charge is -2.02. The predicted molar refractivity (Wildman–Crippen MR) is 44.6 cm³/mol. The van der Waals surface area contributed by atoms with Crippen molar-refractivity contribution in [3.05, 3.63) is 0 Å². The fourth-order valence-corrected chi connectivity index (χ4v) is 0.426. The fourth-order valence-electron chi connectivity index (χ4n) is 0.426. The topological polar surface area (TPSA) is 18.5 Å². The summed E-state index contributed by atoms with van der Waals surface area (Å²) in [7, 11) is 1.97. The lowest BCUT2D eigenvalue weighted by atomic mass is 9.82. The quantitative estimate of drug-likeness (QED) is 0.376. The van der Waals surface area contributed by atoms with Gasteiger partial charge < -0.3 is 9.14 Å². The van der Waals surface area contributed by atoms with Gasteiger partial charge in [0.25, 0.3) is 15.0 Å². The van der Waals surface area contributed by atoms with E-state index in [1.165, 1.54) is 0 Å². The monoisotopic (exact) mass is 126 g/mol. The molecule has 0 N–H and O–H groups in total. The largest absolute Gasteiger partial charge is 0.481 e. The second-order valence-electron chi connectivity index (χ2n) is 2.38. The van der Waals surface area contributed by atoms with Crippen LogP contribution >= 0.6 is 0 Å². The molecule has 0 unspecified atom stereocenters. The molecule has 0 aromatic heterocycles. The predicted octanol–water partition coefficient (Wildman–Crippen LogP) is -0.135. The van der Waals surface area contributed by atoms with Crippen LogP contribution in [0.5, 0.6) is 0 Å². The summed E-state index contributed by atoms with van der Waals surface area (Å²) in [5.74, 6) is 0.602.